The minimum Gasteiger partial charge on any atom is -0.341 e. The monoisotopic (exact) mass is 331 g/mol. The number of carbonyl (C=O) groups is 1. The fourth-order valence-corrected chi connectivity index (χ4v) is 3.52. The van der Waals surface area contributed by atoms with Crippen molar-refractivity contribution in [2.24, 2.45) is 0 Å². The van der Waals surface area contributed by atoms with Gasteiger partial charge >= 0.3 is 0 Å². The second-order valence-electron chi connectivity index (χ2n) is 7.07. The van der Waals surface area contributed by atoms with E-state index >= 15 is 0 Å². The van der Waals surface area contributed by atoms with Crippen LogP contribution in [0.4, 0.5) is 5.95 Å². The number of piperidine rings is 1. The summed E-state index contributed by atoms with van der Waals surface area (Å²) in [7, 11) is 2.10. The SMILES string of the molecule is Cc1cc(CN(C)CCN2CCCC2=O)nc(N2CCCCC2)n1. The molecule has 0 spiro atoms. The summed E-state index contributed by atoms with van der Waals surface area (Å²) < 4.78 is 0. The van der Waals surface area contributed by atoms with Gasteiger partial charge in [0.2, 0.25) is 11.9 Å². The van der Waals surface area contributed by atoms with E-state index in [-0.39, 0.29) is 0 Å². The highest BCUT2D eigenvalue weighted by atomic mass is 16.2. The predicted octanol–water partition coefficient (Wildman–Crippen LogP) is 1.83. The minimum absolute atomic E-state index is 0.300. The maximum atomic E-state index is 11.7. The summed E-state index contributed by atoms with van der Waals surface area (Å²) in [6, 6.07) is 2.07. The van der Waals surface area contributed by atoms with Gasteiger partial charge in [0.15, 0.2) is 0 Å². The van der Waals surface area contributed by atoms with Gasteiger partial charge in [0.25, 0.3) is 0 Å². The molecule has 6 nitrogen and oxygen atoms in total. The average Bonchev–Trinajstić information content (AvgIpc) is 2.98. The van der Waals surface area contributed by atoms with Crippen LogP contribution in [0, 0.1) is 6.92 Å². The van der Waals surface area contributed by atoms with Crippen LogP contribution >= 0.6 is 0 Å². The third-order valence-corrected chi connectivity index (χ3v) is 4.89. The molecule has 2 aliphatic heterocycles. The third-order valence-electron chi connectivity index (χ3n) is 4.89. The van der Waals surface area contributed by atoms with Crippen molar-refractivity contribution in [3.63, 3.8) is 0 Å². The van der Waals surface area contributed by atoms with E-state index in [0.717, 1.165) is 63.0 Å². The number of rotatable bonds is 6. The molecular weight excluding hydrogens is 302 g/mol. The Balaban J connectivity index is 1.57. The van der Waals surface area contributed by atoms with Crippen molar-refractivity contribution >= 4 is 11.9 Å². The lowest BCUT2D eigenvalue weighted by atomic mass is 10.1. The van der Waals surface area contributed by atoms with Crippen LogP contribution in [0.3, 0.4) is 0 Å². The number of carbonyl (C=O) groups excluding carboxylic acids is 1. The number of likely N-dealkylation sites (tertiary alicyclic amines) is 1. The molecule has 0 aromatic carbocycles. The Labute approximate surface area is 144 Å². The van der Waals surface area contributed by atoms with Gasteiger partial charge in [0, 0.05) is 51.4 Å². The van der Waals surface area contributed by atoms with Crippen LogP contribution in [-0.4, -0.2) is 65.4 Å². The van der Waals surface area contributed by atoms with E-state index in [9.17, 15) is 4.79 Å². The summed E-state index contributed by atoms with van der Waals surface area (Å²) in [6.07, 6.45) is 5.50. The summed E-state index contributed by atoms with van der Waals surface area (Å²) in [5.41, 5.74) is 2.10. The van der Waals surface area contributed by atoms with Gasteiger partial charge in [-0.3, -0.25) is 9.69 Å². The zero-order valence-corrected chi connectivity index (χ0v) is 15.0. The molecule has 6 heteroatoms. The molecule has 24 heavy (non-hydrogen) atoms. The van der Waals surface area contributed by atoms with Crippen molar-refractivity contribution in [1.82, 2.24) is 19.8 Å². The molecule has 1 amide bonds. The Hall–Kier alpha value is -1.69. The Morgan fingerprint density at radius 3 is 2.62 bits per heavy atom. The smallest absolute Gasteiger partial charge is 0.225 e. The first kappa shape index (κ1) is 17.1. The molecule has 1 aromatic rings. The molecule has 2 fully saturated rings. The first-order valence-corrected chi connectivity index (χ1v) is 9.17. The zero-order valence-electron chi connectivity index (χ0n) is 15.0. The number of nitrogens with zero attached hydrogens (tertiary/aromatic N) is 5. The van der Waals surface area contributed by atoms with Crippen LogP contribution in [0.2, 0.25) is 0 Å². The zero-order chi connectivity index (χ0) is 16.9. The van der Waals surface area contributed by atoms with Crippen molar-refractivity contribution in [2.45, 2.75) is 45.6 Å². The number of hydrogen-bond donors (Lipinski definition) is 0. The topological polar surface area (TPSA) is 52.6 Å². The summed E-state index contributed by atoms with van der Waals surface area (Å²) in [4.78, 5) is 27.6. The maximum absolute atomic E-state index is 11.7. The largest absolute Gasteiger partial charge is 0.341 e. The molecule has 3 heterocycles. The molecule has 0 bridgehead atoms. The van der Waals surface area contributed by atoms with Crippen LogP contribution in [0.1, 0.15) is 43.5 Å². The van der Waals surface area contributed by atoms with E-state index in [2.05, 4.69) is 27.9 Å². The molecule has 0 saturated carbocycles. The minimum atomic E-state index is 0.300. The standard InChI is InChI=1S/C18H29N5O/c1-15-13-16(20-18(19-15)23-8-4-3-5-9-23)14-21(2)11-12-22-10-6-7-17(22)24/h13H,3-12,14H2,1-2H3. The van der Waals surface area contributed by atoms with Crippen molar-refractivity contribution in [1.29, 1.82) is 0 Å². The number of aryl methyl sites for hydroxylation is 1. The van der Waals surface area contributed by atoms with Crippen LogP contribution in [0.25, 0.3) is 0 Å². The number of anilines is 1. The van der Waals surface area contributed by atoms with E-state index < -0.39 is 0 Å². The molecule has 2 saturated heterocycles. The summed E-state index contributed by atoms with van der Waals surface area (Å²) in [5.74, 6) is 1.18. The van der Waals surface area contributed by atoms with E-state index in [4.69, 9.17) is 4.98 Å². The molecule has 132 valence electrons. The van der Waals surface area contributed by atoms with Gasteiger partial charge in [-0.05, 0) is 45.7 Å². The Bertz CT molecular complexity index is 571. The number of hydrogen-bond acceptors (Lipinski definition) is 5. The van der Waals surface area contributed by atoms with Gasteiger partial charge in [-0.2, -0.15) is 0 Å². The van der Waals surface area contributed by atoms with Crippen LogP contribution in [0.15, 0.2) is 6.07 Å². The summed E-state index contributed by atoms with van der Waals surface area (Å²) >= 11 is 0. The predicted molar refractivity (Wildman–Crippen MR) is 95.0 cm³/mol. The van der Waals surface area contributed by atoms with Gasteiger partial charge < -0.3 is 9.80 Å². The van der Waals surface area contributed by atoms with Gasteiger partial charge in [-0.1, -0.05) is 0 Å². The lowest BCUT2D eigenvalue weighted by molar-refractivity contribution is -0.127. The van der Waals surface area contributed by atoms with Gasteiger partial charge in [0.05, 0.1) is 5.69 Å². The molecule has 2 aliphatic rings. The van der Waals surface area contributed by atoms with E-state index in [1.165, 1.54) is 19.3 Å². The molecule has 0 N–H and O–H groups in total. The van der Waals surface area contributed by atoms with Crippen LogP contribution in [-0.2, 0) is 11.3 Å². The Morgan fingerprint density at radius 1 is 1.12 bits per heavy atom. The molecular formula is C18H29N5O. The van der Waals surface area contributed by atoms with Crippen molar-refractivity contribution in [3.05, 3.63) is 17.5 Å². The second-order valence-corrected chi connectivity index (χ2v) is 7.07. The number of aromatic nitrogens is 2. The highest BCUT2D eigenvalue weighted by Gasteiger charge is 2.20. The van der Waals surface area contributed by atoms with Gasteiger partial charge in [-0.15, -0.1) is 0 Å². The van der Waals surface area contributed by atoms with Crippen molar-refractivity contribution < 1.29 is 4.79 Å². The molecule has 0 atom stereocenters. The first-order chi connectivity index (χ1) is 11.6. The highest BCUT2D eigenvalue weighted by Crippen LogP contribution is 2.17. The lowest BCUT2D eigenvalue weighted by Gasteiger charge is -2.27. The normalized spacial score (nSPS) is 18.7. The maximum Gasteiger partial charge on any atom is 0.225 e. The molecule has 1 aromatic heterocycles. The Kier molecular flexibility index (Phi) is 5.66. The summed E-state index contributed by atoms with van der Waals surface area (Å²) in [5, 5.41) is 0. The second kappa shape index (κ2) is 7.92. The van der Waals surface area contributed by atoms with Crippen molar-refractivity contribution in [3.8, 4) is 0 Å². The highest BCUT2D eigenvalue weighted by molar-refractivity contribution is 5.78. The quantitative estimate of drug-likeness (QED) is 0.796. The van der Waals surface area contributed by atoms with Crippen molar-refractivity contribution in [2.75, 3.05) is 44.7 Å². The number of amides is 1. The molecule has 3 rings (SSSR count). The average molecular weight is 331 g/mol. The van der Waals surface area contributed by atoms with E-state index in [1.807, 2.05) is 11.8 Å². The third kappa shape index (κ3) is 4.44. The molecule has 0 unspecified atom stereocenters. The van der Waals surface area contributed by atoms with Gasteiger partial charge in [-0.25, -0.2) is 9.97 Å². The van der Waals surface area contributed by atoms with E-state index in [0.29, 0.717) is 12.3 Å². The Morgan fingerprint density at radius 2 is 1.92 bits per heavy atom. The summed E-state index contributed by atoms with van der Waals surface area (Å²) in [6.45, 7) is 7.59. The fraction of sp³-hybridized carbons (Fsp3) is 0.722. The lowest BCUT2D eigenvalue weighted by Crippen LogP contribution is -2.34. The van der Waals surface area contributed by atoms with Gasteiger partial charge in [0.1, 0.15) is 0 Å². The van der Waals surface area contributed by atoms with Crippen LogP contribution < -0.4 is 4.90 Å². The van der Waals surface area contributed by atoms with E-state index in [1.54, 1.807) is 0 Å². The molecule has 0 radical (unpaired) electrons. The molecule has 0 aliphatic carbocycles. The first-order valence-electron chi connectivity index (χ1n) is 9.17. The number of likely N-dealkylation sites (N-methyl/N-ethyl adjacent to an activating group) is 1. The van der Waals surface area contributed by atoms with Crippen LogP contribution in [0.5, 0.6) is 0 Å². The fourth-order valence-electron chi connectivity index (χ4n) is 3.52.